The highest BCUT2D eigenvalue weighted by Gasteiger charge is 2.33. The Labute approximate surface area is 142 Å². The van der Waals surface area contributed by atoms with Gasteiger partial charge in [-0.3, -0.25) is 4.90 Å². The van der Waals surface area contributed by atoms with Crippen molar-refractivity contribution in [3.05, 3.63) is 23.8 Å². The lowest BCUT2D eigenvalue weighted by molar-refractivity contribution is 0.142. The maximum absolute atomic E-state index is 14.5. The van der Waals surface area contributed by atoms with E-state index in [1.165, 1.54) is 9.80 Å². The van der Waals surface area contributed by atoms with Gasteiger partial charge in [-0.05, 0) is 0 Å². The Balaban J connectivity index is 1.80. The number of carbonyl (C=O) groups is 2. The lowest BCUT2D eigenvalue weighted by Gasteiger charge is -2.35. The van der Waals surface area contributed by atoms with Crippen LogP contribution in [0.25, 0.3) is 0 Å². The summed E-state index contributed by atoms with van der Waals surface area (Å²) in [5.74, 6) is -1.63. The van der Waals surface area contributed by atoms with E-state index in [0.29, 0.717) is 0 Å². The zero-order valence-corrected chi connectivity index (χ0v) is 13.3. The number of hydrogen-bond acceptors (Lipinski definition) is 5. The van der Waals surface area contributed by atoms with Crippen molar-refractivity contribution in [3.8, 4) is 0 Å². The van der Waals surface area contributed by atoms with Gasteiger partial charge in [0.15, 0.2) is 11.6 Å². The molecular weight excluding hydrogens is 338 g/mol. The number of nitrogens with two attached hydrogens (primary N) is 1. The van der Waals surface area contributed by atoms with Gasteiger partial charge in [0.25, 0.3) is 0 Å². The first kappa shape index (κ1) is 17.2. The first-order chi connectivity index (χ1) is 11.9. The number of anilines is 2. The van der Waals surface area contributed by atoms with Gasteiger partial charge >= 0.3 is 12.2 Å². The Bertz CT molecular complexity index is 671. The molecule has 1 aromatic carbocycles. The molecule has 136 valence electrons. The van der Waals surface area contributed by atoms with Crippen molar-refractivity contribution in [1.82, 2.24) is 4.90 Å². The SMILES string of the molecule is NCC1CN(c2cc(F)c(N3CCN(C(=O)O)CC3)c(F)c2)C(=O)O1. The topological polar surface area (TPSA) is 99.3 Å². The molecule has 1 unspecified atom stereocenters. The number of ether oxygens (including phenoxy) is 1. The molecule has 0 radical (unpaired) electrons. The van der Waals surface area contributed by atoms with Crippen molar-refractivity contribution in [3.63, 3.8) is 0 Å². The van der Waals surface area contributed by atoms with Crippen LogP contribution in [0.2, 0.25) is 0 Å². The van der Waals surface area contributed by atoms with E-state index < -0.39 is 29.9 Å². The number of hydrogen-bond donors (Lipinski definition) is 2. The highest BCUT2D eigenvalue weighted by molar-refractivity contribution is 5.90. The minimum atomic E-state index is -1.06. The molecule has 3 N–H and O–H groups in total. The zero-order valence-electron chi connectivity index (χ0n) is 13.3. The second-order valence-corrected chi connectivity index (χ2v) is 5.87. The van der Waals surface area contributed by atoms with Crippen LogP contribution >= 0.6 is 0 Å². The molecule has 1 atom stereocenters. The van der Waals surface area contributed by atoms with E-state index in [-0.39, 0.29) is 50.6 Å². The Morgan fingerprint density at radius 1 is 1.24 bits per heavy atom. The van der Waals surface area contributed by atoms with Gasteiger partial charge in [-0.15, -0.1) is 0 Å². The molecule has 25 heavy (non-hydrogen) atoms. The summed E-state index contributed by atoms with van der Waals surface area (Å²) in [6, 6.07) is 2.14. The van der Waals surface area contributed by atoms with Crippen molar-refractivity contribution < 1.29 is 28.2 Å². The van der Waals surface area contributed by atoms with Crippen LogP contribution in [0.5, 0.6) is 0 Å². The summed E-state index contributed by atoms with van der Waals surface area (Å²) >= 11 is 0. The minimum Gasteiger partial charge on any atom is -0.465 e. The molecular formula is C15H18F2N4O4. The Morgan fingerprint density at radius 2 is 1.84 bits per heavy atom. The number of halogens is 2. The highest BCUT2D eigenvalue weighted by Crippen LogP contribution is 2.31. The Kier molecular flexibility index (Phi) is 4.62. The molecule has 0 spiro atoms. The maximum atomic E-state index is 14.5. The van der Waals surface area contributed by atoms with Gasteiger partial charge in [0, 0.05) is 44.9 Å². The second-order valence-electron chi connectivity index (χ2n) is 5.87. The van der Waals surface area contributed by atoms with Crippen LogP contribution in [0.4, 0.5) is 29.7 Å². The summed E-state index contributed by atoms with van der Waals surface area (Å²) in [4.78, 5) is 26.5. The van der Waals surface area contributed by atoms with Crippen molar-refractivity contribution in [2.45, 2.75) is 6.10 Å². The van der Waals surface area contributed by atoms with Crippen molar-refractivity contribution in [2.75, 3.05) is 49.1 Å². The predicted octanol–water partition coefficient (Wildman–Crippen LogP) is 1.05. The lowest BCUT2D eigenvalue weighted by atomic mass is 10.2. The van der Waals surface area contributed by atoms with E-state index in [4.69, 9.17) is 15.6 Å². The molecule has 0 aromatic heterocycles. The molecule has 2 aliphatic rings. The van der Waals surface area contributed by atoms with Crippen LogP contribution < -0.4 is 15.5 Å². The zero-order chi connectivity index (χ0) is 18.1. The van der Waals surface area contributed by atoms with E-state index in [9.17, 15) is 18.4 Å². The van der Waals surface area contributed by atoms with E-state index in [0.717, 1.165) is 17.0 Å². The van der Waals surface area contributed by atoms with Gasteiger partial charge < -0.3 is 25.4 Å². The number of benzene rings is 1. The summed E-state index contributed by atoms with van der Waals surface area (Å²) in [5, 5.41) is 8.93. The largest absolute Gasteiger partial charge is 0.465 e. The van der Waals surface area contributed by atoms with Gasteiger partial charge in [0.2, 0.25) is 0 Å². The van der Waals surface area contributed by atoms with Crippen LogP contribution in [0, 0.1) is 11.6 Å². The Morgan fingerprint density at radius 3 is 2.32 bits per heavy atom. The van der Waals surface area contributed by atoms with Crippen molar-refractivity contribution in [2.24, 2.45) is 5.73 Å². The molecule has 2 aliphatic heterocycles. The van der Waals surface area contributed by atoms with Gasteiger partial charge in [0.1, 0.15) is 11.8 Å². The van der Waals surface area contributed by atoms with E-state index >= 15 is 0 Å². The summed E-state index contributed by atoms with van der Waals surface area (Å²) in [5.41, 5.74) is 5.28. The molecule has 2 saturated heterocycles. The molecule has 1 aromatic rings. The average Bonchev–Trinajstić information content (AvgIpc) is 2.95. The summed E-state index contributed by atoms with van der Waals surface area (Å²) < 4.78 is 34.0. The van der Waals surface area contributed by atoms with Crippen molar-refractivity contribution in [1.29, 1.82) is 0 Å². The molecule has 8 nitrogen and oxygen atoms in total. The standard InChI is InChI=1S/C15H18F2N4O4/c16-11-5-9(21-8-10(7-18)25-15(21)24)6-12(17)13(11)19-1-3-20(4-2-19)14(22)23/h5-6,10H,1-4,7-8,18H2,(H,22,23). The monoisotopic (exact) mass is 356 g/mol. The van der Waals surface area contributed by atoms with Gasteiger partial charge in [-0.2, -0.15) is 0 Å². The first-order valence-electron chi connectivity index (χ1n) is 7.80. The normalized spacial score (nSPS) is 20.8. The Hall–Kier alpha value is -2.62. The predicted molar refractivity (Wildman–Crippen MR) is 84.8 cm³/mol. The number of carboxylic acid groups (broad SMARTS) is 1. The molecule has 3 rings (SSSR count). The summed E-state index contributed by atoms with van der Waals surface area (Å²) in [6.45, 7) is 0.935. The van der Waals surface area contributed by atoms with E-state index in [2.05, 4.69) is 0 Å². The maximum Gasteiger partial charge on any atom is 0.414 e. The highest BCUT2D eigenvalue weighted by atomic mass is 19.1. The second kappa shape index (κ2) is 6.71. The lowest BCUT2D eigenvalue weighted by Crippen LogP contribution is -2.48. The minimum absolute atomic E-state index is 0.0591. The number of nitrogens with zero attached hydrogens (tertiary/aromatic N) is 3. The number of amides is 2. The first-order valence-corrected chi connectivity index (χ1v) is 7.80. The fourth-order valence-electron chi connectivity index (χ4n) is 2.99. The van der Waals surface area contributed by atoms with Crippen LogP contribution in [-0.4, -0.2) is 67.6 Å². The number of carbonyl (C=O) groups excluding carboxylic acids is 1. The van der Waals surface area contributed by atoms with Gasteiger partial charge in [0.05, 0.1) is 12.2 Å². The van der Waals surface area contributed by atoms with Crippen LogP contribution in [-0.2, 0) is 4.74 Å². The number of piperazine rings is 1. The average molecular weight is 356 g/mol. The van der Waals surface area contributed by atoms with Crippen LogP contribution in [0.1, 0.15) is 0 Å². The molecule has 2 heterocycles. The smallest absolute Gasteiger partial charge is 0.414 e. The number of rotatable bonds is 3. The van der Waals surface area contributed by atoms with Crippen LogP contribution in [0.3, 0.4) is 0 Å². The van der Waals surface area contributed by atoms with Crippen molar-refractivity contribution >= 4 is 23.6 Å². The quantitative estimate of drug-likeness (QED) is 0.840. The molecule has 0 saturated carbocycles. The van der Waals surface area contributed by atoms with Gasteiger partial charge in [-0.25, -0.2) is 18.4 Å². The van der Waals surface area contributed by atoms with Gasteiger partial charge in [-0.1, -0.05) is 0 Å². The third kappa shape index (κ3) is 3.29. The molecule has 0 aliphatic carbocycles. The third-order valence-corrected chi connectivity index (χ3v) is 4.32. The van der Waals surface area contributed by atoms with E-state index in [1.54, 1.807) is 0 Å². The van der Waals surface area contributed by atoms with E-state index in [1.807, 2.05) is 0 Å². The summed E-state index contributed by atoms with van der Waals surface area (Å²) in [7, 11) is 0. The molecule has 2 amide bonds. The molecule has 0 bridgehead atoms. The number of cyclic esters (lactones) is 1. The van der Waals surface area contributed by atoms with Crippen LogP contribution in [0.15, 0.2) is 12.1 Å². The molecule has 2 fully saturated rings. The molecule has 10 heteroatoms. The fraction of sp³-hybridized carbons (Fsp3) is 0.467. The summed E-state index contributed by atoms with van der Waals surface area (Å²) in [6.07, 6.45) is -2.27. The third-order valence-electron chi connectivity index (χ3n) is 4.32. The fourth-order valence-corrected chi connectivity index (χ4v) is 2.99.